The summed E-state index contributed by atoms with van der Waals surface area (Å²) < 4.78 is 0. The van der Waals surface area contributed by atoms with Crippen molar-refractivity contribution in [3.05, 3.63) is 7.05 Å². The molecule has 59 valence electrons. The van der Waals surface area contributed by atoms with Crippen LogP contribution >= 0.6 is 0 Å². The molecule has 3 heteroatoms. The van der Waals surface area contributed by atoms with Crippen LogP contribution in [-0.4, -0.2) is 54.2 Å². The van der Waals surface area contributed by atoms with Crippen LogP contribution in [0.1, 0.15) is 0 Å². The predicted octanol–water partition coefficient (Wildman–Crippen LogP) is -0.612. The third kappa shape index (κ3) is 2.25. The fraction of sp³-hybridized carbons (Fsp3) is 0.857. The van der Waals surface area contributed by atoms with Crippen molar-refractivity contribution in [3.63, 3.8) is 0 Å². The number of rotatable bonds is 2. The van der Waals surface area contributed by atoms with Crippen LogP contribution in [0, 0.1) is 7.05 Å². The average molecular weight is 143 g/mol. The topological polar surface area (TPSA) is 26.7 Å². The van der Waals surface area contributed by atoms with E-state index in [0.29, 0.717) is 0 Å². The summed E-state index contributed by atoms with van der Waals surface area (Å²) in [4.78, 5) is 4.32. The van der Waals surface area contributed by atoms with Crippen LogP contribution in [0.4, 0.5) is 0 Å². The number of β-amino-alcohol motifs (C(OH)–C–C–N with tert-alkyl or cyclic N) is 1. The Morgan fingerprint density at radius 1 is 1.20 bits per heavy atom. The second-order valence-electron chi connectivity index (χ2n) is 2.68. The molecule has 0 amide bonds. The minimum Gasteiger partial charge on any atom is -0.395 e. The Balaban J connectivity index is 2.13. The first kappa shape index (κ1) is 7.98. The molecule has 0 aromatic rings. The zero-order valence-electron chi connectivity index (χ0n) is 6.29. The molecule has 0 unspecified atom stereocenters. The van der Waals surface area contributed by atoms with Crippen LogP contribution in [0.5, 0.6) is 0 Å². The fourth-order valence-corrected chi connectivity index (χ4v) is 1.15. The lowest BCUT2D eigenvalue weighted by molar-refractivity contribution is 0.137. The molecule has 1 heterocycles. The molecule has 10 heavy (non-hydrogen) atoms. The molecule has 3 nitrogen and oxygen atoms in total. The standard InChI is InChI=1S/C7H15N2O/c1-8-2-4-9(5-3-8)6-7-10/h10H,1-7H2. The summed E-state index contributed by atoms with van der Waals surface area (Å²) in [5.74, 6) is 0. The highest BCUT2D eigenvalue weighted by atomic mass is 16.3. The van der Waals surface area contributed by atoms with Gasteiger partial charge in [0.25, 0.3) is 0 Å². The number of hydrogen-bond donors (Lipinski definition) is 1. The van der Waals surface area contributed by atoms with Crippen LogP contribution in [0.25, 0.3) is 0 Å². The Bertz CT molecular complexity index is 89.6. The summed E-state index contributed by atoms with van der Waals surface area (Å²) in [6.07, 6.45) is 0. The molecule has 1 rings (SSSR count). The molecule has 0 aliphatic carbocycles. The lowest BCUT2D eigenvalue weighted by atomic mass is 10.3. The third-order valence-corrected chi connectivity index (χ3v) is 1.88. The molecule has 0 saturated carbocycles. The molecule has 1 saturated heterocycles. The van der Waals surface area contributed by atoms with Crippen LogP contribution in [-0.2, 0) is 0 Å². The quantitative estimate of drug-likeness (QED) is 0.558. The highest BCUT2D eigenvalue weighted by Crippen LogP contribution is 1.97. The third-order valence-electron chi connectivity index (χ3n) is 1.88. The van der Waals surface area contributed by atoms with Gasteiger partial charge in [0.05, 0.1) is 6.61 Å². The SMILES string of the molecule is [CH2]N1CCN(CCO)CC1. The zero-order valence-corrected chi connectivity index (χ0v) is 6.29. The summed E-state index contributed by atoms with van der Waals surface area (Å²) >= 11 is 0. The smallest absolute Gasteiger partial charge is 0.0558 e. The van der Waals surface area contributed by atoms with E-state index in [1.165, 1.54) is 0 Å². The molecule has 1 fully saturated rings. The zero-order chi connectivity index (χ0) is 7.40. The van der Waals surface area contributed by atoms with Crippen LogP contribution in [0.3, 0.4) is 0 Å². The Kier molecular flexibility index (Phi) is 3.12. The van der Waals surface area contributed by atoms with Gasteiger partial charge in [-0.2, -0.15) is 0 Å². The van der Waals surface area contributed by atoms with Crippen LogP contribution in [0.2, 0.25) is 0 Å². The van der Waals surface area contributed by atoms with E-state index in [1.807, 2.05) is 0 Å². The molecule has 1 N–H and O–H groups in total. The van der Waals surface area contributed by atoms with Gasteiger partial charge >= 0.3 is 0 Å². The number of aliphatic hydroxyl groups excluding tert-OH is 1. The molecule has 0 aromatic heterocycles. The first-order valence-corrected chi connectivity index (χ1v) is 3.71. The van der Waals surface area contributed by atoms with Gasteiger partial charge in [-0.15, -0.1) is 0 Å². The van der Waals surface area contributed by atoms with Crippen molar-refractivity contribution in [3.8, 4) is 0 Å². The van der Waals surface area contributed by atoms with Crippen molar-refractivity contribution in [1.29, 1.82) is 0 Å². The Morgan fingerprint density at radius 3 is 2.30 bits per heavy atom. The number of aliphatic hydroxyl groups is 1. The number of piperazine rings is 1. The maximum Gasteiger partial charge on any atom is 0.0558 e. The Hall–Kier alpha value is -0.120. The van der Waals surface area contributed by atoms with Gasteiger partial charge in [0.15, 0.2) is 0 Å². The van der Waals surface area contributed by atoms with E-state index in [1.54, 1.807) is 0 Å². The van der Waals surface area contributed by atoms with Crippen molar-refractivity contribution in [2.45, 2.75) is 0 Å². The molecule has 0 spiro atoms. The lowest BCUT2D eigenvalue weighted by Crippen LogP contribution is -2.44. The second kappa shape index (κ2) is 3.91. The first-order valence-electron chi connectivity index (χ1n) is 3.71. The molecular weight excluding hydrogens is 128 g/mol. The van der Waals surface area contributed by atoms with E-state index in [4.69, 9.17) is 5.11 Å². The van der Waals surface area contributed by atoms with Gasteiger partial charge in [0, 0.05) is 39.8 Å². The highest BCUT2D eigenvalue weighted by molar-refractivity contribution is 4.70. The molecule has 0 bridgehead atoms. The monoisotopic (exact) mass is 143 g/mol. The summed E-state index contributed by atoms with van der Waals surface area (Å²) in [6.45, 7) is 5.24. The van der Waals surface area contributed by atoms with Crippen molar-refractivity contribution >= 4 is 0 Å². The van der Waals surface area contributed by atoms with Crippen molar-refractivity contribution < 1.29 is 5.11 Å². The molecule has 0 atom stereocenters. The van der Waals surface area contributed by atoms with Gasteiger partial charge in [-0.3, -0.25) is 9.80 Å². The Labute approximate surface area is 62.2 Å². The molecular formula is C7H15N2O. The van der Waals surface area contributed by atoms with E-state index in [9.17, 15) is 0 Å². The molecule has 1 radical (unpaired) electrons. The van der Waals surface area contributed by atoms with Gasteiger partial charge in [0.2, 0.25) is 0 Å². The fourth-order valence-electron chi connectivity index (χ4n) is 1.15. The van der Waals surface area contributed by atoms with Gasteiger partial charge < -0.3 is 5.11 Å². The lowest BCUT2D eigenvalue weighted by Gasteiger charge is -2.31. The van der Waals surface area contributed by atoms with E-state index in [0.717, 1.165) is 32.7 Å². The second-order valence-corrected chi connectivity index (χ2v) is 2.68. The summed E-state index contributed by atoms with van der Waals surface area (Å²) in [5.41, 5.74) is 0. The van der Waals surface area contributed by atoms with E-state index < -0.39 is 0 Å². The van der Waals surface area contributed by atoms with Crippen molar-refractivity contribution in [2.75, 3.05) is 39.3 Å². The molecule has 1 aliphatic heterocycles. The van der Waals surface area contributed by atoms with E-state index >= 15 is 0 Å². The maximum absolute atomic E-state index is 8.61. The minimum atomic E-state index is 0.275. The molecule has 1 aliphatic rings. The minimum absolute atomic E-state index is 0.275. The van der Waals surface area contributed by atoms with Crippen molar-refractivity contribution in [2.24, 2.45) is 0 Å². The van der Waals surface area contributed by atoms with Crippen molar-refractivity contribution in [1.82, 2.24) is 9.80 Å². The number of nitrogens with zero attached hydrogens (tertiary/aromatic N) is 2. The van der Waals surface area contributed by atoms with Gasteiger partial charge in [-0.05, 0) is 0 Å². The predicted molar refractivity (Wildman–Crippen MR) is 40.5 cm³/mol. The highest BCUT2D eigenvalue weighted by Gasteiger charge is 2.11. The normalized spacial score (nSPS) is 23.4. The van der Waals surface area contributed by atoms with Crippen LogP contribution in [0.15, 0.2) is 0 Å². The van der Waals surface area contributed by atoms with Gasteiger partial charge in [0.1, 0.15) is 0 Å². The summed E-state index contributed by atoms with van der Waals surface area (Å²) in [7, 11) is 3.84. The molecule has 0 aromatic carbocycles. The van der Waals surface area contributed by atoms with Crippen LogP contribution < -0.4 is 0 Å². The van der Waals surface area contributed by atoms with E-state index in [-0.39, 0.29) is 6.61 Å². The van der Waals surface area contributed by atoms with E-state index in [2.05, 4.69) is 16.8 Å². The summed E-state index contributed by atoms with van der Waals surface area (Å²) in [5, 5.41) is 8.61. The van der Waals surface area contributed by atoms with Gasteiger partial charge in [-0.1, -0.05) is 0 Å². The maximum atomic E-state index is 8.61. The Morgan fingerprint density at radius 2 is 1.80 bits per heavy atom. The average Bonchev–Trinajstić information content (AvgIpc) is 1.95. The largest absolute Gasteiger partial charge is 0.395 e. The number of hydrogen-bond acceptors (Lipinski definition) is 3. The summed E-state index contributed by atoms with van der Waals surface area (Å²) in [6, 6.07) is 0. The van der Waals surface area contributed by atoms with Gasteiger partial charge in [-0.25, -0.2) is 0 Å². The first-order chi connectivity index (χ1) is 4.83.